The summed E-state index contributed by atoms with van der Waals surface area (Å²) in [5.41, 5.74) is 2.36. The molecule has 7 heteroatoms. The van der Waals surface area contributed by atoms with Crippen molar-refractivity contribution in [2.75, 3.05) is 32.2 Å². The van der Waals surface area contributed by atoms with Crippen molar-refractivity contribution < 1.29 is 9.53 Å². The van der Waals surface area contributed by atoms with E-state index in [1.54, 1.807) is 18.6 Å². The van der Waals surface area contributed by atoms with Crippen molar-refractivity contribution in [3.8, 4) is 0 Å². The molecule has 1 aliphatic heterocycles. The van der Waals surface area contributed by atoms with Gasteiger partial charge in [-0.3, -0.25) is 9.78 Å². The fourth-order valence-corrected chi connectivity index (χ4v) is 2.92. The van der Waals surface area contributed by atoms with Crippen molar-refractivity contribution in [2.24, 2.45) is 5.92 Å². The first-order valence-corrected chi connectivity index (χ1v) is 8.33. The molecule has 2 atom stereocenters. The van der Waals surface area contributed by atoms with Crippen LogP contribution in [0.2, 0.25) is 0 Å². The monoisotopic (exact) mass is 341 g/mol. The molecule has 1 aliphatic rings. The minimum absolute atomic E-state index is 0.0198. The highest BCUT2D eigenvalue weighted by Crippen LogP contribution is 2.20. The molecule has 0 aromatic carbocycles. The van der Waals surface area contributed by atoms with Crippen LogP contribution in [-0.2, 0) is 11.2 Å². The number of hydrogen-bond donors (Lipinski definition) is 1. The number of amides is 1. The summed E-state index contributed by atoms with van der Waals surface area (Å²) < 4.78 is 5.59. The van der Waals surface area contributed by atoms with Gasteiger partial charge in [0.2, 0.25) is 5.95 Å². The number of carbonyl (C=O) groups is 1. The molecule has 1 amide bonds. The standard InChI is InChI=1S/C18H23N5O2/c1-12-15(9-20-18(21-12)23(2)3)17(24)22-16-11-25-10-14(16)8-13-4-6-19-7-5-13/h4-7,9,14,16H,8,10-11H2,1-3H3,(H,22,24)/t14-,16-/m1/s1. The van der Waals surface area contributed by atoms with Crippen LogP contribution in [-0.4, -0.2) is 54.2 Å². The zero-order valence-corrected chi connectivity index (χ0v) is 14.8. The number of aromatic nitrogens is 3. The topological polar surface area (TPSA) is 80.2 Å². The minimum atomic E-state index is -0.155. The maximum absolute atomic E-state index is 12.6. The average molecular weight is 341 g/mol. The number of nitrogens with zero attached hydrogens (tertiary/aromatic N) is 4. The lowest BCUT2D eigenvalue weighted by molar-refractivity contribution is 0.0923. The molecule has 25 heavy (non-hydrogen) atoms. The number of carbonyl (C=O) groups excluding carboxylic acids is 1. The van der Waals surface area contributed by atoms with Gasteiger partial charge in [0, 0.05) is 38.6 Å². The first kappa shape index (κ1) is 17.3. The van der Waals surface area contributed by atoms with Gasteiger partial charge < -0.3 is 15.0 Å². The lowest BCUT2D eigenvalue weighted by atomic mass is 9.95. The van der Waals surface area contributed by atoms with Gasteiger partial charge in [-0.15, -0.1) is 0 Å². The van der Waals surface area contributed by atoms with E-state index >= 15 is 0 Å². The molecule has 1 fully saturated rings. The van der Waals surface area contributed by atoms with E-state index < -0.39 is 0 Å². The molecule has 0 saturated carbocycles. The normalized spacial score (nSPS) is 19.6. The second-order valence-corrected chi connectivity index (χ2v) is 6.50. The molecule has 0 spiro atoms. The fourth-order valence-electron chi connectivity index (χ4n) is 2.92. The average Bonchev–Trinajstić information content (AvgIpc) is 3.02. The summed E-state index contributed by atoms with van der Waals surface area (Å²) >= 11 is 0. The molecule has 1 N–H and O–H groups in total. The summed E-state index contributed by atoms with van der Waals surface area (Å²) in [5, 5.41) is 3.08. The first-order chi connectivity index (χ1) is 12.0. The number of aryl methyl sites for hydroxylation is 1. The second-order valence-electron chi connectivity index (χ2n) is 6.50. The maximum Gasteiger partial charge on any atom is 0.255 e. The molecule has 2 aromatic rings. The summed E-state index contributed by atoms with van der Waals surface area (Å²) in [6.07, 6.45) is 6.00. The van der Waals surface area contributed by atoms with E-state index in [-0.39, 0.29) is 17.9 Å². The number of nitrogens with one attached hydrogen (secondary N) is 1. The largest absolute Gasteiger partial charge is 0.379 e. The smallest absolute Gasteiger partial charge is 0.255 e. The molecular formula is C18H23N5O2. The van der Waals surface area contributed by atoms with Gasteiger partial charge in [-0.2, -0.15) is 0 Å². The summed E-state index contributed by atoms with van der Waals surface area (Å²) in [5.74, 6) is 0.681. The van der Waals surface area contributed by atoms with Crippen LogP contribution < -0.4 is 10.2 Å². The van der Waals surface area contributed by atoms with Crippen molar-refractivity contribution in [3.05, 3.63) is 47.5 Å². The fraction of sp³-hybridized carbons (Fsp3) is 0.444. The molecule has 3 rings (SSSR count). The molecule has 0 radical (unpaired) electrons. The molecule has 2 aromatic heterocycles. The third-order valence-corrected chi connectivity index (χ3v) is 4.37. The second kappa shape index (κ2) is 7.57. The van der Waals surface area contributed by atoms with Gasteiger partial charge >= 0.3 is 0 Å². The van der Waals surface area contributed by atoms with Crippen LogP contribution in [0, 0.1) is 12.8 Å². The molecule has 3 heterocycles. The number of anilines is 1. The Kier molecular flexibility index (Phi) is 5.23. The summed E-state index contributed by atoms with van der Waals surface area (Å²) in [6.45, 7) is 2.99. The van der Waals surface area contributed by atoms with Crippen LogP contribution in [0.15, 0.2) is 30.7 Å². The molecule has 0 aliphatic carbocycles. The van der Waals surface area contributed by atoms with Gasteiger partial charge in [0.05, 0.1) is 30.5 Å². The SMILES string of the molecule is Cc1nc(N(C)C)ncc1C(=O)N[C@@H]1COC[C@H]1Cc1ccncc1. The Balaban J connectivity index is 1.67. The summed E-state index contributed by atoms with van der Waals surface area (Å²) in [7, 11) is 3.74. The van der Waals surface area contributed by atoms with Crippen LogP contribution in [0.25, 0.3) is 0 Å². The Morgan fingerprint density at radius 2 is 2.08 bits per heavy atom. The first-order valence-electron chi connectivity index (χ1n) is 8.33. The van der Waals surface area contributed by atoms with Crippen LogP contribution in [0.5, 0.6) is 0 Å². The van der Waals surface area contributed by atoms with Crippen LogP contribution in [0.4, 0.5) is 5.95 Å². The quantitative estimate of drug-likeness (QED) is 0.881. The van der Waals surface area contributed by atoms with Crippen LogP contribution in [0.1, 0.15) is 21.6 Å². The summed E-state index contributed by atoms with van der Waals surface area (Å²) in [4.78, 5) is 27.1. The van der Waals surface area contributed by atoms with E-state index in [2.05, 4.69) is 20.3 Å². The molecule has 1 saturated heterocycles. The van der Waals surface area contributed by atoms with Gasteiger partial charge in [0.15, 0.2) is 0 Å². The highest BCUT2D eigenvalue weighted by atomic mass is 16.5. The van der Waals surface area contributed by atoms with Gasteiger partial charge in [0.25, 0.3) is 5.91 Å². The third kappa shape index (κ3) is 4.11. The van der Waals surface area contributed by atoms with Gasteiger partial charge in [0.1, 0.15) is 0 Å². The van der Waals surface area contributed by atoms with E-state index in [0.29, 0.717) is 30.4 Å². The number of ether oxygens (including phenoxy) is 1. The van der Waals surface area contributed by atoms with Gasteiger partial charge in [-0.05, 0) is 31.0 Å². The van der Waals surface area contributed by atoms with Crippen molar-refractivity contribution in [1.29, 1.82) is 0 Å². The highest BCUT2D eigenvalue weighted by molar-refractivity contribution is 5.95. The van der Waals surface area contributed by atoms with Crippen molar-refractivity contribution >= 4 is 11.9 Å². The zero-order chi connectivity index (χ0) is 17.8. The Morgan fingerprint density at radius 1 is 1.32 bits per heavy atom. The third-order valence-electron chi connectivity index (χ3n) is 4.37. The lowest BCUT2D eigenvalue weighted by Gasteiger charge is -2.20. The Labute approximate surface area is 147 Å². The Bertz CT molecular complexity index is 736. The Hall–Kier alpha value is -2.54. The molecule has 0 unspecified atom stereocenters. The maximum atomic E-state index is 12.6. The van der Waals surface area contributed by atoms with E-state index in [0.717, 1.165) is 6.42 Å². The Morgan fingerprint density at radius 3 is 2.76 bits per heavy atom. The zero-order valence-electron chi connectivity index (χ0n) is 14.8. The van der Waals surface area contributed by atoms with Crippen molar-refractivity contribution in [2.45, 2.75) is 19.4 Å². The van der Waals surface area contributed by atoms with Crippen LogP contribution >= 0.6 is 0 Å². The predicted octanol–water partition coefficient (Wildman–Crippen LogP) is 1.23. The van der Waals surface area contributed by atoms with E-state index in [1.165, 1.54) is 5.56 Å². The molecule has 0 bridgehead atoms. The summed E-state index contributed by atoms with van der Waals surface area (Å²) in [6, 6.07) is 3.97. The highest BCUT2D eigenvalue weighted by Gasteiger charge is 2.30. The lowest BCUT2D eigenvalue weighted by Crippen LogP contribution is -2.41. The minimum Gasteiger partial charge on any atom is -0.379 e. The van der Waals surface area contributed by atoms with E-state index in [1.807, 2.05) is 38.1 Å². The molecule has 132 valence electrons. The van der Waals surface area contributed by atoms with Crippen LogP contribution in [0.3, 0.4) is 0 Å². The predicted molar refractivity (Wildman–Crippen MR) is 94.6 cm³/mol. The van der Waals surface area contributed by atoms with E-state index in [9.17, 15) is 4.79 Å². The van der Waals surface area contributed by atoms with Gasteiger partial charge in [-0.25, -0.2) is 9.97 Å². The molecular weight excluding hydrogens is 318 g/mol. The van der Waals surface area contributed by atoms with Gasteiger partial charge in [-0.1, -0.05) is 0 Å². The molecule has 7 nitrogen and oxygen atoms in total. The van der Waals surface area contributed by atoms with Crippen molar-refractivity contribution in [1.82, 2.24) is 20.3 Å². The number of rotatable bonds is 5. The van der Waals surface area contributed by atoms with E-state index in [4.69, 9.17) is 4.74 Å². The number of pyridine rings is 1. The van der Waals surface area contributed by atoms with Crippen molar-refractivity contribution in [3.63, 3.8) is 0 Å². The number of hydrogen-bond acceptors (Lipinski definition) is 6.